The molecule has 0 aliphatic carbocycles. The summed E-state index contributed by atoms with van der Waals surface area (Å²) in [5.41, 5.74) is 0. The third kappa shape index (κ3) is 95.1. The van der Waals surface area contributed by atoms with Crippen molar-refractivity contribution in [3.63, 3.8) is 0 Å². The summed E-state index contributed by atoms with van der Waals surface area (Å²) in [6.07, 6.45) is 0. The Hall–Kier alpha value is 0.178. The van der Waals surface area contributed by atoms with Crippen LogP contribution in [0.5, 0.6) is 0 Å². The summed E-state index contributed by atoms with van der Waals surface area (Å²) < 4.78 is 0. The first-order chi connectivity index (χ1) is 1.41. The standard InChI is InChI=1S/CH2BN.Zn/c2-1-3;/h2H2;. The van der Waals surface area contributed by atoms with E-state index in [2.05, 4.69) is 0 Å². The molecule has 0 bridgehead atoms. The van der Waals surface area contributed by atoms with E-state index < -0.39 is 0 Å². The van der Waals surface area contributed by atoms with Gasteiger partial charge in [-0.15, -0.1) is 0 Å². The van der Waals surface area contributed by atoms with Gasteiger partial charge in [-0.05, 0) is 5.97 Å². The average Bonchev–Trinajstić information content (AvgIpc) is 0.918. The van der Waals surface area contributed by atoms with Crippen LogP contribution in [-0.4, -0.2) is 7.85 Å². The van der Waals surface area contributed by atoms with Crippen molar-refractivity contribution in [3.8, 4) is 5.97 Å². The Kier molecular flexibility index (Phi) is 24.2. The fourth-order valence-corrected chi connectivity index (χ4v) is 0. The molecule has 0 saturated heterocycles. The Labute approximate surface area is 39.2 Å². The van der Waals surface area contributed by atoms with Gasteiger partial charge in [0.15, 0.2) is 0 Å². The average molecular weight is 104 g/mol. The SMILES string of the molecule is BC#N.[Zn]. The van der Waals surface area contributed by atoms with E-state index in [-0.39, 0.29) is 19.5 Å². The molecule has 3 heteroatoms. The molecule has 1 nitrogen and oxygen atoms in total. The van der Waals surface area contributed by atoms with E-state index in [4.69, 9.17) is 5.26 Å². The fourth-order valence-electron chi connectivity index (χ4n) is 0. The van der Waals surface area contributed by atoms with Gasteiger partial charge in [-0.25, -0.2) is 5.26 Å². The van der Waals surface area contributed by atoms with Crippen LogP contribution in [0.3, 0.4) is 0 Å². The normalized spacial score (nSPS) is 1.75. The van der Waals surface area contributed by atoms with Crippen molar-refractivity contribution >= 4 is 7.85 Å². The van der Waals surface area contributed by atoms with Crippen LogP contribution < -0.4 is 0 Å². The molecular weight excluding hydrogens is 102 g/mol. The van der Waals surface area contributed by atoms with Crippen molar-refractivity contribution < 1.29 is 19.5 Å². The topological polar surface area (TPSA) is 23.8 Å². The predicted octanol–water partition coefficient (Wildman–Crippen LogP) is -0.902. The largest absolute Gasteiger partial charge is 0.232 e. The van der Waals surface area contributed by atoms with Gasteiger partial charge in [0.2, 0.25) is 7.85 Å². The van der Waals surface area contributed by atoms with Gasteiger partial charge in [0.1, 0.15) is 0 Å². The van der Waals surface area contributed by atoms with Gasteiger partial charge >= 0.3 is 0 Å². The third-order valence-corrected chi connectivity index (χ3v) is 0. The van der Waals surface area contributed by atoms with Crippen molar-refractivity contribution in [3.05, 3.63) is 0 Å². The molecule has 0 unspecified atom stereocenters. The predicted molar refractivity (Wildman–Crippen MR) is 14.2 cm³/mol. The quantitative estimate of drug-likeness (QED) is 0.365. The molecule has 0 aromatic carbocycles. The number of hydrogen-bond donors (Lipinski definition) is 0. The molecule has 16 valence electrons. The number of nitriles is 1. The van der Waals surface area contributed by atoms with Crippen molar-refractivity contribution in [2.45, 2.75) is 0 Å². The summed E-state index contributed by atoms with van der Waals surface area (Å²) in [7, 11) is 1.43. The molecule has 0 radical (unpaired) electrons. The summed E-state index contributed by atoms with van der Waals surface area (Å²) in [4.78, 5) is 0. The van der Waals surface area contributed by atoms with E-state index in [1.165, 1.54) is 7.85 Å². The second kappa shape index (κ2) is 10.9. The minimum absolute atomic E-state index is 0. The molecule has 4 heavy (non-hydrogen) atoms. The van der Waals surface area contributed by atoms with Crippen molar-refractivity contribution in [2.75, 3.05) is 0 Å². The molecule has 0 aliphatic heterocycles. The second-order valence-corrected chi connectivity index (χ2v) is 0.224. The van der Waals surface area contributed by atoms with Gasteiger partial charge in [-0.3, -0.25) is 0 Å². The Morgan fingerprint density at radius 2 is 1.75 bits per heavy atom. The van der Waals surface area contributed by atoms with Crippen LogP contribution >= 0.6 is 0 Å². The zero-order valence-corrected chi connectivity index (χ0v) is 5.62. The summed E-state index contributed by atoms with van der Waals surface area (Å²) in [6.45, 7) is 0. The molecular formula is CH2BNZn. The van der Waals surface area contributed by atoms with Crippen LogP contribution in [0.2, 0.25) is 0 Å². The van der Waals surface area contributed by atoms with Gasteiger partial charge in [-0.2, -0.15) is 0 Å². The van der Waals surface area contributed by atoms with Gasteiger partial charge < -0.3 is 0 Å². The van der Waals surface area contributed by atoms with E-state index >= 15 is 0 Å². The Bertz CT molecular complexity index is 29.5. The summed E-state index contributed by atoms with van der Waals surface area (Å²) >= 11 is 0. The molecule has 0 saturated carbocycles. The molecule has 0 aromatic rings. The van der Waals surface area contributed by atoms with Crippen LogP contribution in [0.15, 0.2) is 0 Å². The summed E-state index contributed by atoms with van der Waals surface area (Å²) in [5.74, 6) is 1.75. The second-order valence-electron chi connectivity index (χ2n) is 0.224. The number of nitrogens with zero attached hydrogens (tertiary/aromatic N) is 1. The van der Waals surface area contributed by atoms with Crippen molar-refractivity contribution in [2.24, 2.45) is 0 Å². The van der Waals surface area contributed by atoms with E-state index in [0.29, 0.717) is 0 Å². The maximum atomic E-state index is 7.32. The first kappa shape index (κ1) is 8.90. The van der Waals surface area contributed by atoms with Gasteiger partial charge in [0.05, 0.1) is 0 Å². The fraction of sp³-hybridized carbons (Fsp3) is 0. The maximum absolute atomic E-state index is 7.32. The molecule has 0 atom stereocenters. The van der Waals surface area contributed by atoms with Gasteiger partial charge in [0, 0.05) is 19.5 Å². The van der Waals surface area contributed by atoms with Crippen molar-refractivity contribution in [1.29, 1.82) is 5.26 Å². The molecule has 0 aromatic heterocycles. The molecule has 0 fully saturated rings. The van der Waals surface area contributed by atoms with Gasteiger partial charge in [-0.1, -0.05) is 0 Å². The molecule has 0 rings (SSSR count). The smallest absolute Gasteiger partial charge is 0.213 e. The number of hydrogen-bond acceptors (Lipinski definition) is 1. The monoisotopic (exact) mass is 103 g/mol. The van der Waals surface area contributed by atoms with Gasteiger partial charge in [0.25, 0.3) is 0 Å². The molecule has 0 heterocycles. The summed E-state index contributed by atoms with van der Waals surface area (Å²) in [5, 5.41) is 7.32. The Morgan fingerprint density at radius 1 is 1.75 bits per heavy atom. The minimum Gasteiger partial charge on any atom is -0.213 e. The van der Waals surface area contributed by atoms with E-state index in [1.54, 1.807) is 5.97 Å². The van der Waals surface area contributed by atoms with Crippen molar-refractivity contribution in [1.82, 2.24) is 0 Å². The van der Waals surface area contributed by atoms with E-state index in [9.17, 15) is 0 Å². The number of rotatable bonds is 0. The molecule has 0 spiro atoms. The third-order valence-electron chi connectivity index (χ3n) is 0. The Morgan fingerprint density at radius 3 is 1.75 bits per heavy atom. The van der Waals surface area contributed by atoms with Crippen LogP contribution in [0.25, 0.3) is 0 Å². The van der Waals surface area contributed by atoms with E-state index in [0.717, 1.165) is 0 Å². The summed E-state index contributed by atoms with van der Waals surface area (Å²) in [6, 6.07) is 0. The zero-order valence-electron chi connectivity index (χ0n) is 2.65. The molecule has 0 amide bonds. The Balaban J connectivity index is 0. The van der Waals surface area contributed by atoms with Crippen LogP contribution in [0.4, 0.5) is 0 Å². The minimum atomic E-state index is 0. The zero-order chi connectivity index (χ0) is 2.71. The molecule has 0 N–H and O–H groups in total. The van der Waals surface area contributed by atoms with E-state index in [1.807, 2.05) is 0 Å². The maximum Gasteiger partial charge on any atom is 0.232 e. The van der Waals surface area contributed by atoms with Crippen LogP contribution in [0.1, 0.15) is 0 Å². The molecule has 0 aliphatic rings. The first-order valence-corrected chi connectivity index (χ1v) is 0.724. The first-order valence-electron chi connectivity index (χ1n) is 0.724. The van der Waals surface area contributed by atoms with Crippen LogP contribution in [-0.2, 0) is 19.5 Å². The van der Waals surface area contributed by atoms with Crippen LogP contribution in [0, 0.1) is 11.2 Å².